The van der Waals surface area contributed by atoms with E-state index in [1.54, 1.807) is 7.11 Å². The van der Waals surface area contributed by atoms with Gasteiger partial charge in [0.1, 0.15) is 0 Å². The molecule has 1 aliphatic carbocycles. The van der Waals surface area contributed by atoms with Gasteiger partial charge in [-0.1, -0.05) is 49.2 Å². The van der Waals surface area contributed by atoms with Crippen LogP contribution in [0.2, 0.25) is 0 Å². The number of methoxy groups -OCH3 is 1. The van der Waals surface area contributed by atoms with Crippen LogP contribution in [0.1, 0.15) is 74.8 Å². The Morgan fingerprint density at radius 3 is 2.56 bits per heavy atom. The van der Waals surface area contributed by atoms with Gasteiger partial charge in [-0.25, -0.2) is 0 Å². The highest BCUT2D eigenvalue weighted by Gasteiger charge is 2.29. The summed E-state index contributed by atoms with van der Waals surface area (Å²) >= 11 is 0. The lowest BCUT2D eigenvalue weighted by molar-refractivity contribution is -0.127. The van der Waals surface area contributed by atoms with E-state index in [1.165, 1.54) is 36.8 Å². The van der Waals surface area contributed by atoms with Gasteiger partial charge in [0.2, 0.25) is 5.91 Å². The third-order valence-corrected chi connectivity index (χ3v) is 7.08. The van der Waals surface area contributed by atoms with Crippen molar-refractivity contribution in [3.05, 3.63) is 59.7 Å². The molecule has 4 heteroatoms. The summed E-state index contributed by atoms with van der Waals surface area (Å²) in [7, 11) is 1.70. The molecule has 1 aliphatic heterocycles. The number of hydrogen-bond donors (Lipinski definition) is 1. The van der Waals surface area contributed by atoms with Crippen molar-refractivity contribution in [1.82, 2.24) is 5.32 Å². The van der Waals surface area contributed by atoms with Crippen LogP contribution in [0.25, 0.3) is 0 Å². The van der Waals surface area contributed by atoms with E-state index >= 15 is 0 Å². The molecule has 2 aliphatic rings. The van der Waals surface area contributed by atoms with E-state index in [2.05, 4.69) is 47.8 Å². The third kappa shape index (κ3) is 6.05. The minimum Gasteiger partial charge on any atom is -0.493 e. The van der Waals surface area contributed by atoms with Gasteiger partial charge in [0.05, 0.1) is 13.2 Å². The third-order valence-electron chi connectivity index (χ3n) is 7.08. The smallest absolute Gasteiger partial charge is 0.223 e. The summed E-state index contributed by atoms with van der Waals surface area (Å²) in [6.07, 6.45) is 11.5. The van der Waals surface area contributed by atoms with E-state index in [0.717, 1.165) is 50.0 Å². The van der Waals surface area contributed by atoms with Crippen LogP contribution in [0.3, 0.4) is 0 Å². The fourth-order valence-corrected chi connectivity index (χ4v) is 5.17. The van der Waals surface area contributed by atoms with Crippen LogP contribution in [0.15, 0.2) is 48.5 Å². The number of piperidine rings is 1. The summed E-state index contributed by atoms with van der Waals surface area (Å²) in [5.41, 5.74) is 2.64. The average Bonchev–Trinajstić information content (AvgIpc) is 3.34. The highest BCUT2D eigenvalue weighted by Crippen LogP contribution is 2.37. The number of nitrogens with one attached hydrogen (secondary N) is 1. The molecule has 2 aromatic carbocycles. The van der Waals surface area contributed by atoms with Gasteiger partial charge in [-0.2, -0.15) is 0 Å². The van der Waals surface area contributed by atoms with Crippen LogP contribution in [-0.4, -0.2) is 25.7 Å². The van der Waals surface area contributed by atoms with Crippen molar-refractivity contribution >= 4 is 5.91 Å². The SMILES string of the molecule is COc1ccc([C@H]2CNC(=O)[C@H](CCCCCc3ccccc3)C2)cc1OC1CCCC1. The summed E-state index contributed by atoms with van der Waals surface area (Å²) in [6, 6.07) is 17.0. The van der Waals surface area contributed by atoms with Gasteiger partial charge in [0.25, 0.3) is 0 Å². The molecule has 0 unspecified atom stereocenters. The first-order valence-corrected chi connectivity index (χ1v) is 12.4. The average molecular weight is 436 g/mol. The molecular formula is C28H37NO3. The van der Waals surface area contributed by atoms with E-state index in [-0.39, 0.29) is 11.8 Å². The summed E-state index contributed by atoms with van der Waals surface area (Å²) in [5.74, 6) is 2.31. The monoisotopic (exact) mass is 435 g/mol. The normalized spacial score (nSPS) is 21.3. The molecule has 0 aromatic heterocycles. The van der Waals surface area contributed by atoms with Crippen molar-refractivity contribution in [3.63, 3.8) is 0 Å². The second-order valence-electron chi connectivity index (χ2n) is 9.39. The number of amides is 1. The highest BCUT2D eigenvalue weighted by atomic mass is 16.5. The zero-order chi connectivity index (χ0) is 22.2. The largest absolute Gasteiger partial charge is 0.493 e. The van der Waals surface area contributed by atoms with Crippen LogP contribution < -0.4 is 14.8 Å². The Morgan fingerprint density at radius 1 is 0.969 bits per heavy atom. The molecule has 1 heterocycles. The summed E-state index contributed by atoms with van der Waals surface area (Å²) in [4.78, 5) is 12.5. The Kier molecular flexibility index (Phi) is 8.08. The van der Waals surface area contributed by atoms with Crippen molar-refractivity contribution in [2.45, 2.75) is 76.2 Å². The maximum atomic E-state index is 12.5. The standard InChI is InChI=1S/C28H37NO3/c1-31-26-17-16-22(19-27(26)32-25-14-8-9-15-25)24-18-23(28(30)29-20-24)13-7-3-6-12-21-10-4-2-5-11-21/h2,4-5,10-11,16-17,19,23-25H,3,6-9,12-15,18,20H2,1H3,(H,29,30)/t23-,24-/m1/s1. The van der Waals surface area contributed by atoms with Crippen molar-refractivity contribution in [2.24, 2.45) is 5.92 Å². The molecule has 2 atom stereocenters. The lowest BCUT2D eigenvalue weighted by atomic mass is 9.82. The van der Waals surface area contributed by atoms with Gasteiger partial charge in [0, 0.05) is 18.4 Å². The topological polar surface area (TPSA) is 47.6 Å². The molecular weight excluding hydrogens is 398 g/mol. The lowest BCUT2D eigenvalue weighted by Gasteiger charge is -2.30. The summed E-state index contributed by atoms with van der Waals surface area (Å²) < 4.78 is 11.8. The van der Waals surface area contributed by atoms with Crippen molar-refractivity contribution < 1.29 is 14.3 Å². The second kappa shape index (κ2) is 11.4. The first-order chi connectivity index (χ1) is 15.7. The molecule has 4 rings (SSSR count). The molecule has 0 radical (unpaired) electrons. The molecule has 1 saturated heterocycles. The molecule has 1 N–H and O–H groups in total. The van der Waals surface area contributed by atoms with Gasteiger partial charge < -0.3 is 14.8 Å². The van der Waals surface area contributed by atoms with E-state index in [1.807, 2.05) is 6.07 Å². The van der Waals surface area contributed by atoms with Crippen molar-refractivity contribution in [2.75, 3.05) is 13.7 Å². The van der Waals surface area contributed by atoms with E-state index in [9.17, 15) is 4.79 Å². The molecule has 32 heavy (non-hydrogen) atoms. The number of carbonyl (C=O) groups is 1. The fourth-order valence-electron chi connectivity index (χ4n) is 5.17. The van der Waals surface area contributed by atoms with Crippen LogP contribution >= 0.6 is 0 Å². The zero-order valence-electron chi connectivity index (χ0n) is 19.4. The number of benzene rings is 2. The summed E-state index contributed by atoms with van der Waals surface area (Å²) in [5, 5.41) is 3.16. The quantitative estimate of drug-likeness (QED) is 0.463. The summed E-state index contributed by atoms with van der Waals surface area (Å²) in [6.45, 7) is 0.707. The first-order valence-electron chi connectivity index (χ1n) is 12.4. The van der Waals surface area contributed by atoms with Gasteiger partial charge in [-0.05, 0) is 74.6 Å². The Balaban J connectivity index is 1.30. The van der Waals surface area contributed by atoms with E-state index in [0.29, 0.717) is 18.6 Å². The van der Waals surface area contributed by atoms with Gasteiger partial charge in [-0.3, -0.25) is 4.79 Å². The molecule has 2 fully saturated rings. The van der Waals surface area contributed by atoms with Gasteiger partial charge in [-0.15, -0.1) is 0 Å². The molecule has 0 spiro atoms. The molecule has 172 valence electrons. The Labute approximate surface area is 192 Å². The Bertz CT molecular complexity index is 860. The fraction of sp³-hybridized carbons (Fsp3) is 0.536. The maximum absolute atomic E-state index is 12.5. The van der Waals surface area contributed by atoms with Gasteiger partial charge >= 0.3 is 0 Å². The lowest BCUT2D eigenvalue weighted by Crippen LogP contribution is -2.40. The Hall–Kier alpha value is -2.49. The van der Waals surface area contributed by atoms with E-state index in [4.69, 9.17) is 9.47 Å². The predicted molar refractivity (Wildman–Crippen MR) is 128 cm³/mol. The molecule has 0 bridgehead atoms. The number of rotatable bonds is 10. The minimum absolute atomic E-state index is 0.103. The first kappa shape index (κ1) is 22.7. The second-order valence-corrected chi connectivity index (χ2v) is 9.39. The zero-order valence-corrected chi connectivity index (χ0v) is 19.4. The molecule has 4 nitrogen and oxygen atoms in total. The number of aryl methyl sites for hydroxylation is 1. The maximum Gasteiger partial charge on any atom is 0.223 e. The number of unbranched alkanes of at least 4 members (excludes halogenated alkanes) is 2. The van der Waals surface area contributed by atoms with Crippen molar-refractivity contribution in [1.29, 1.82) is 0 Å². The van der Waals surface area contributed by atoms with Gasteiger partial charge in [0.15, 0.2) is 11.5 Å². The number of hydrogen-bond acceptors (Lipinski definition) is 3. The van der Waals surface area contributed by atoms with Crippen LogP contribution in [0, 0.1) is 5.92 Å². The van der Waals surface area contributed by atoms with Crippen LogP contribution in [-0.2, 0) is 11.2 Å². The molecule has 2 aromatic rings. The van der Waals surface area contributed by atoms with Crippen molar-refractivity contribution in [3.8, 4) is 11.5 Å². The highest BCUT2D eigenvalue weighted by molar-refractivity contribution is 5.79. The predicted octanol–water partition coefficient (Wildman–Crippen LogP) is 6.04. The number of ether oxygens (including phenoxy) is 2. The Morgan fingerprint density at radius 2 is 1.78 bits per heavy atom. The van der Waals surface area contributed by atoms with E-state index < -0.39 is 0 Å². The van der Waals surface area contributed by atoms with Crippen LogP contribution in [0.4, 0.5) is 0 Å². The number of carbonyl (C=O) groups excluding carboxylic acids is 1. The molecule has 1 amide bonds. The molecule has 1 saturated carbocycles. The minimum atomic E-state index is 0.103. The van der Waals surface area contributed by atoms with Crippen LogP contribution in [0.5, 0.6) is 11.5 Å².